The second kappa shape index (κ2) is 9.02. The molecule has 0 aliphatic rings. The Morgan fingerprint density at radius 1 is 1.27 bits per heavy atom. The zero-order valence-electron chi connectivity index (χ0n) is 13.5. The molecule has 0 radical (unpaired) electrons. The first-order valence-corrected chi connectivity index (χ1v) is 8.85. The van der Waals surface area contributed by atoms with Crippen LogP contribution in [0.2, 0.25) is 0 Å². The van der Waals surface area contributed by atoms with Crippen molar-refractivity contribution in [3.05, 3.63) is 41.4 Å². The molecule has 0 fully saturated rings. The molecule has 2 rings (SSSR count). The summed E-state index contributed by atoms with van der Waals surface area (Å²) in [4.78, 5) is 9.81. The van der Waals surface area contributed by atoms with Crippen molar-refractivity contribution in [2.24, 2.45) is 5.73 Å². The van der Waals surface area contributed by atoms with Gasteiger partial charge in [-0.25, -0.2) is 4.98 Å². The van der Waals surface area contributed by atoms with E-state index in [1.165, 1.54) is 0 Å². The number of rotatable bonds is 10. The van der Waals surface area contributed by atoms with Gasteiger partial charge in [0.1, 0.15) is 17.3 Å². The summed E-state index contributed by atoms with van der Waals surface area (Å²) < 4.78 is 5.80. The quantitative estimate of drug-likeness (QED) is 0.657. The molecule has 0 atom stereocenters. The number of hydrogen-bond donors (Lipinski definition) is 2. The first kappa shape index (κ1) is 17.1. The van der Waals surface area contributed by atoms with Gasteiger partial charge in [0.2, 0.25) is 0 Å². The van der Waals surface area contributed by atoms with E-state index in [1.54, 1.807) is 0 Å². The van der Waals surface area contributed by atoms with Gasteiger partial charge in [0.15, 0.2) is 0 Å². The Morgan fingerprint density at radius 2 is 2.09 bits per heavy atom. The molecule has 0 aromatic carbocycles. The normalized spacial score (nSPS) is 11.5. The fourth-order valence-electron chi connectivity index (χ4n) is 2.23. The molecule has 122 valence electrons. The predicted molar refractivity (Wildman–Crippen MR) is 91.9 cm³/mol. The lowest BCUT2D eigenvalue weighted by Crippen LogP contribution is -2.09. The number of nitrogens with one attached hydrogen (secondary N) is 1. The van der Waals surface area contributed by atoms with E-state index in [9.17, 15) is 0 Å². The summed E-state index contributed by atoms with van der Waals surface area (Å²) in [5.41, 5.74) is 6.66. The minimum Gasteiger partial charge on any atom is -0.464 e. The van der Waals surface area contributed by atoms with Gasteiger partial charge in [-0.15, -0.1) is 0 Å². The van der Waals surface area contributed by atoms with E-state index in [0.29, 0.717) is 6.54 Å². The third-order valence-corrected chi connectivity index (χ3v) is 4.30. The molecule has 0 saturated heterocycles. The number of hydrogen-bond acceptors (Lipinski definition) is 5. The second-order valence-corrected chi connectivity index (χ2v) is 6.76. The molecule has 0 aliphatic carbocycles. The highest BCUT2D eigenvalue weighted by atomic mass is 32.2. The van der Waals surface area contributed by atoms with Crippen molar-refractivity contribution in [2.75, 3.05) is 26.4 Å². The molecule has 2 heterocycles. The second-order valence-electron chi connectivity index (χ2n) is 5.66. The molecule has 22 heavy (non-hydrogen) atoms. The van der Waals surface area contributed by atoms with Crippen molar-refractivity contribution in [1.82, 2.24) is 14.9 Å². The Hall–Kier alpha value is -1.24. The molecule has 5 nitrogen and oxygen atoms in total. The van der Waals surface area contributed by atoms with Crippen LogP contribution in [0.25, 0.3) is 0 Å². The number of furan rings is 1. The van der Waals surface area contributed by atoms with Gasteiger partial charge in [-0.1, -0.05) is 0 Å². The smallest absolute Gasteiger partial charge is 0.118 e. The fourth-order valence-corrected chi connectivity index (χ4v) is 3.08. The molecule has 0 saturated carbocycles. The number of nitrogens with two attached hydrogens (primary N) is 1. The summed E-state index contributed by atoms with van der Waals surface area (Å²) in [6.45, 7) is 1.52. The summed E-state index contributed by atoms with van der Waals surface area (Å²) in [6, 6.07) is 4.15. The van der Waals surface area contributed by atoms with E-state index in [-0.39, 0.29) is 0 Å². The molecule has 6 heteroatoms. The summed E-state index contributed by atoms with van der Waals surface area (Å²) in [6.07, 6.45) is 4.87. The number of aromatic nitrogens is 2. The SMILES string of the molecule is CN(C)Cc1ccc(CSCCCc2ncc(CCN)[nH]2)o1. The van der Waals surface area contributed by atoms with E-state index >= 15 is 0 Å². The van der Waals surface area contributed by atoms with E-state index < -0.39 is 0 Å². The standard InChI is InChI=1S/C16H26N4OS/c1-20(2)11-14-5-6-15(21-14)12-22-9-3-4-16-18-10-13(19-16)7-8-17/h5-6,10H,3-4,7-9,11-12,17H2,1-2H3,(H,18,19). The van der Waals surface area contributed by atoms with Crippen LogP contribution >= 0.6 is 11.8 Å². The summed E-state index contributed by atoms with van der Waals surface area (Å²) in [7, 11) is 4.09. The van der Waals surface area contributed by atoms with Gasteiger partial charge in [0.25, 0.3) is 0 Å². The molecule has 0 spiro atoms. The van der Waals surface area contributed by atoms with Crippen LogP contribution in [0.1, 0.15) is 29.5 Å². The summed E-state index contributed by atoms with van der Waals surface area (Å²) >= 11 is 1.91. The fraction of sp³-hybridized carbons (Fsp3) is 0.562. The highest BCUT2D eigenvalue weighted by Gasteiger charge is 2.04. The molecular formula is C16H26N4OS. The maximum atomic E-state index is 5.80. The van der Waals surface area contributed by atoms with E-state index in [2.05, 4.69) is 27.0 Å². The third-order valence-electron chi connectivity index (χ3n) is 3.23. The highest BCUT2D eigenvalue weighted by Crippen LogP contribution is 2.17. The number of nitrogens with zero attached hydrogens (tertiary/aromatic N) is 2. The van der Waals surface area contributed by atoms with Gasteiger partial charge in [0, 0.05) is 24.7 Å². The molecule has 0 amide bonds. The summed E-state index contributed by atoms with van der Waals surface area (Å²) in [5.74, 6) is 5.20. The highest BCUT2D eigenvalue weighted by molar-refractivity contribution is 7.98. The van der Waals surface area contributed by atoms with E-state index in [1.807, 2.05) is 32.1 Å². The van der Waals surface area contributed by atoms with Crippen LogP contribution in [0.3, 0.4) is 0 Å². The topological polar surface area (TPSA) is 71.1 Å². The Bertz CT molecular complexity index is 550. The van der Waals surface area contributed by atoms with E-state index in [0.717, 1.165) is 60.4 Å². The molecule has 0 aliphatic heterocycles. The van der Waals surface area contributed by atoms with Crippen LogP contribution in [-0.2, 0) is 25.1 Å². The summed E-state index contributed by atoms with van der Waals surface area (Å²) in [5, 5.41) is 0. The van der Waals surface area contributed by atoms with Crippen molar-refractivity contribution in [2.45, 2.75) is 31.6 Å². The van der Waals surface area contributed by atoms with Gasteiger partial charge < -0.3 is 20.0 Å². The Labute approximate surface area is 136 Å². The Balaban J connectivity index is 1.61. The van der Waals surface area contributed by atoms with Crippen LogP contribution in [0, 0.1) is 0 Å². The number of thioether (sulfide) groups is 1. The van der Waals surface area contributed by atoms with Crippen molar-refractivity contribution in [1.29, 1.82) is 0 Å². The molecule has 0 unspecified atom stereocenters. The average Bonchev–Trinajstić information content (AvgIpc) is 3.08. The van der Waals surface area contributed by atoms with Crippen molar-refractivity contribution in [3.63, 3.8) is 0 Å². The minimum atomic E-state index is 0.663. The third kappa shape index (κ3) is 5.87. The van der Waals surface area contributed by atoms with E-state index in [4.69, 9.17) is 10.2 Å². The van der Waals surface area contributed by atoms with Crippen LogP contribution < -0.4 is 5.73 Å². The molecule has 2 aromatic rings. The Kier molecular flexibility index (Phi) is 7.02. The first-order chi connectivity index (χ1) is 10.7. The van der Waals surface area contributed by atoms with Gasteiger partial charge in [-0.2, -0.15) is 11.8 Å². The van der Waals surface area contributed by atoms with Gasteiger partial charge in [-0.05, 0) is 44.9 Å². The molecule has 0 bridgehead atoms. The number of aryl methyl sites for hydroxylation is 1. The number of aromatic amines is 1. The lowest BCUT2D eigenvalue weighted by molar-refractivity contribution is 0.344. The lowest BCUT2D eigenvalue weighted by atomic mass is 10.3. The Morgan fingerprint density at radius 3 is 2.86 bits per heavy atom. The van der Waals surface area contributed by atoms with Crippen LogP contribution in [0.5, 0.6) is 0 Å². The number of H-pyrrole nitrogens is 1. The molecular weight excluding hydrogens is 296 g/mol. The van der Waals surface area contributed by atoms with Gasteiger partial charge >= 0.3 is 0 Å². The van der Waals surface area contributed by atoms with Crippen molar-refractivity contribution >= 4 is 11.8 Å². The maximum Gasteiger partial charge on any atom is 0.118 e. The zero-order chi connectivity index (χ0) is 15.8. The zero-order valence-corrected chi connectivity index (χ0v) is 14.3. The van der Waals surface area contributed by atoms with Crippen molar-refractivity contribution in [3.8, 4) is 0 Å². The monoisotopic (exact) mass is 322 g/mol. The minimum absolute atomic E-state index is 0.663. The average molecular weight is 322 g/mol. The van der Waals surface area contributed by atoms with Crippen molar-refractivity contribution < 1.29 is 4.42 Å². The molecule has 2 aromatic heterocycles. The predicted octanol–water partition coefficient (Wildman–Crippen LogP) is 2.43. The first-order valence-electron chi connectivity index (χ1n) is 7.70. The van der Waals surface area contributed by atoms with Gasteiger partial charge in [0.05, 0.1) is 12.3 Å². The van der Waals surface area contributed by atoms with Gasteiger partial charge in [-0.3, -0.25) is 0 Å². The maximum absolute atomic E-state index is 5.80. The molecule has 3 N–H and O–H groups in total. The van der Waals surface area contributed by atoms with Crippen LogP contribution in [-0.4, -0.2) is 41.3 Å². The van der Waals surface area contributed by atoms with Crippen LogP contribution in [0.15, 0.2) is 22.7 Å². The largest absolute Gasteiger partial charge is 0.464 e. The van der Waals surface area contributed by atoms with Crippen LogP contribution in [0.4, 0.5) is 0 Å². The lowest BCUT2D eigenvalue weighted by Gasteiger charge is -2.05. The number of imidazole rings is 1.